The van der Waals surface area contributed by atoms with E-state index >= 15 is 0 Å². The molecular formula is C15H27NO3. The van der Waals surface area contributed by atoms with Gasteiger partial charge in [-0.2, -0.15) is 0 Å². The van der Waals surface area contributed by atoms with E-state index < -0.39 is 0 Å². The first-order chi connectivity index (χ1) is 9.29. The standard InChI is InChI=1S/C15H27NO3/c1-17-12-14(3-2-7-16)13-4-8-19-15(11-13)5-9-18-10-6-15/h2-12,16H2,1H3. The molecule has 0 saturated carbocycles. The maximum Gasteiger partial charge on any atom is 0.0763 e. The van der Waals surface area contributed by atoms with Gasteiger partial charge in [0, 0.05) is 33.2 Å². The maximum absolute atomic E-state index is 6.09. The average Bonchev–Trinajstić information content (AvgIpc) is 2.44. The number of hydrogen-bond acceptors (Lipinski definition) is 4. The molecule has 2 saturated heterocycles. The Morgan fingerprint density at radius 1 is 1.32 bits per heavy atom. The molecule has 4 nitrogen and oxygen atoms in total. The molecule has 0 aromatic carbocycles. The molecule has 110 valence electrons. The number of rotatable bonds is 5. The summed E-state index contributed by atoms with van der Waals surface area (Å²) in [6.07, 6.45) is 6.25. The van der Waals surface area contributed by atoms with E-state index in [9.17, 15) is 0 Å². The minimum Gasteiger partial charge on any atom is -0.381 e. The lowest BCUT2D eigenvalue weighted by Crippen LogP contribution is -2.42. The van der Waals surface area contributed by atoms with E-state index in [0.29, 0.717) is 0 Å². The van der Waals surface area contributed by atoms with Gasteiger partial charge in [-0.15, -0.1) is 0 Å². The van der Waals surface area contributed by atoms with Crippen molar-refractivity contribution >= 4 is 0 Å². The zero-order chi connectivity index (χ0) is 13.6. The molecule has 2 aliphatic heterocycles. The van der Waals surface area contributed by atoms with Crippen LogP contribution in [-0.2, 0) is 14.2 Å². The Bertz CT molecular complexity index is 303. The fraction of sp³-hybridized carbons (Fsp3) is 0.867. The second-order valence-corrected chi connectivity index (χ2v) is 5.60. The molecule has 0 radical (unpaired) electrons. The van der Waals surface area contributed by atoms with Gasteiger partial charge >= 0.3 is 0 Å². The zero-order valence-electron chi connectivity index (χ0n) is 12.1. The summed E-state index contributed by atoms with van der Waals surface area (Å²) in [5.74, 6) is 0. The number of nitrogens with two attached hydrogens (primary N) is 1. The number of methoxy groups -OCH3 is 1. The Balaban J connectivity index is 2.07. The van der Waals surface area contributed by atoms with Crippen LogP contribution in [-0.4, -0.2) is 45.7 Å². The summed E-state index contributed by atoms with van der Waals surface area (Å²) >= 11 is 0. The van der Waals surface area contributed by atoms with Gasteiger partial charge in [0.2, 0.25) is 0 Å². The molecule has 0 bridgehead atoms. The molecule has 2 rings (SSSR count). The Morgan fingerprint density at radius 2 is 2.11 bits per heavy atom. The fourth-order valence-corrected chi connectivity index (χ4v) is 3.13. The van der Waals surface area contributed by atoms with Crippen molar-refractivity contribution in [3.63, 3.8) is 0 Å². The lowest BCUT2D eigenvalue weighted by Gasteiger charge is -2.42. The van der Waals surface area contributed by atoms with Crippen molar-refractivity contribution in [2.75, 3.05) is 40.1 Å². The lowest BCUT2D eigenvalue weighted by molar-refractivity contribution is -0.121. The molecule has 2 aliphatic rings. The SMILES string of the molecule is COCC(CCCN)=C1CCOC2(CCOCC2)C1. The van der Waals surface area contributed by atoms with Crippen LogP contribution < -0.4 is 5.73 Å². The van der Waals surface area contributed by atoms with Crippen LogP contribution in [0.3, 0.4) is 0 Å². The predicted octanol–water partition coefficient (Wildman–Crippen LogP) is 2.03. The van der Waals surface area contributed by atoms with Gasteiger partial charge in [0.15, 0.2) is 0 Å². The summed E-state index contributed by atoms with van der Waals surface area (Å²) in [6, 6.07) is 0. The van der Waals surface area contributed by atoms with Crippen molar-refractivity contribution < 1.29 is 14.2 Å². The van der Waals surface area contributed by atoms with Crippen molar-refractivity contribution in [3.05, 3.63) is 11.1 Å². The first-order valence-electron chi connectivity index (χ1n) is 7.40. The summed E-state index contributed by atoms with van der Waals surface area (Å²) in [7, 11) is 1.77. The maximum atomic E-state index is 6.09. The largest absolute Gasteiger partial charge is 0.381 e. The van der Waals surface area contributed by atoms with E-state index in [-0.39, 0.29) is 5.60 Å². The molecule has 19 heavy (non-hydrogen) atoms. The van der Waals surface area contributed by atoms with Gasteiger partial charge in [-0.25, -0.2) is 0 Å². The number of ether oxygens (including phenoxy) is 3. The molecule has 0 aromatic heterocycles. The first-order valence-corrected chi connectivity index (χ1v) is 7.40. The molecule has 4 heteroatoms. The first kappa shape index (κ1) is 15.0. The molecule has 0 amide bonds. The molecule has 2 fully saturated rings. The van der Waals surface area contributed by atoms with E-state index in [2.05, 4.69) is 0 Å². The molecule has 0 unspecified atom stereocenters. The van der Waals surface area contributed by atoms with E-state index in [1.165, 1.54) is 5.57 Å². The minimum atomic E-state index is 0.0353. The lowest BCUT2D eigenvalue weighted by atomic mass is 9.81. The molecule has 2 N–H and O–H groups in total. The highest BCUT2D eigenvalue weighted by atomic mass is 16.5. The third kappa shape index (κ3) is 4.02. The van der Waals surface area contributed by atoms with E-state index in [1.54, 1.807) is 12.7 Å². The van der Waals surface area contributed by atoms with Crippen molar-refractivity contribution in [2.24, 2.45) is 5.73 Å². The monoisotopic (exact) mass is 269 g/mol. The van der Waals surface area contributed by atoms with E-state index in [1.807, 2.05) is 0 Å². The Kier molecular flexibility index (Phi) is 5.82. The smallest absolute Gasteiger partial charge is 0.0763 e. The molecule has 2 heterocycles. The van der Waals surface area contributed by atoms with Crippen molar-refractivity contribution in [1.82, 2.24) is 0 Å². The van der Waals surface area contributed by atoms with Gasteiger partial charge in [-0.05, 0) is 37.8 Å². The van der Waals surface area contributed by atoms with E-state index in [4.69, 9.17) is 19.9 Å². The normalized spacial score (nSPS) is 25.6. The van der Waals surface area contributed by atoms with Crippen molar-refractivity contribution in [1.29, 1.82) is 0 Å². The summed E-state index contributed by atoms with van der Waals surface area (Å²) in [4.78, 5) is 0. The molecular weight excluding hydrogens is 242 g/mol. The predicted molar refractivity (Wildman–Crippen MR) is 75.2 cm³/mol. The van der Waals surface area contributed by atoms with Gasteiger partial charge in [0.05, 0.1) is 18.8 Å². The van der Waals surface area contributed by atoms with Crippen LogP contribution in [0.4, 0.5) is 0 Å². The highest BCUT2D eigenvalue weighted by Crippen LogP contribution is 2.38. The zero-order valence-corrected chi connectivity index (χ0v) is 12.1. The van der Waals surface area contributed by atoms with Crippen LogP contribution in [0.15, 0.2) is 11.1 Å². The van der Waals surface area contributed by atoms with E-state index in [0.717, 1.165) is 71.5 Å². The number of hydrogen-bond donors (Lipinski definition) is 1. The summed E-state index contributed by atoms with van der Waals surface area (Å²) in [5.41, 5.74) is 8.66. The summed E-state index contributed by atoms with van der Waals surface area (Å²) < 4.78 is 16.9. The fourth-order valence-electron chi connectivity index (χ4n) is 3.13. The Labute approximate surface area is 116 Å². The third-order valence-corrected chi connectivity index (χ3v) is 4.25. The highest BCUT2D eigenvalue weighted by Gasteiger charge is 2.37. The second kappa shape index (κ2) is 7.39. The van der Waals surface area contributed by atoms with Gasteiger partial charge < -0.3 is 19.9 Å². The molecule has 0 aromatic rings. The van der Waals surface area contributed by atoms with Gasteiger partial charge in [0.1, 0.15) is 0 Å². The van der Waals surface area contributed by atoms with Crippen LogP contribution in [0.5, 0.6) is 0 Å². The quantitative estimate of drug-likeness (QED) is 0.776. The van der Waals surface area contributed by atoms with Gasteiger partial charge in [-0.1, -0.05) is 5.57 Å². The topological polar surface area (TPSA) is 53.7 Å². The van der Waals surface area contributed by atoms with Crippen LogP contribution >= 0.6 is 0 Å². The third-order valence-electron chi connectivity index (χ3n) is 4.25. The Hall–Kier alpha value is -0.420. The minimum absolute atomic E-state index is 0.0353. The second-order valence-electron chi connectivity index (χ2n) is 5.60. The summed E-state index contributed by atoms with van der Waals surface area (Å²) in [5, 5.41) is 0. The van der Waals surface area contributed by atoms with Crippen LogP contribution in [0.2, 0.25) is 0 Å². The van der Waals surface area contributed by atoms with Crippen LogP contribution in [0.1, 0.15) is 38.5 Å². The molecule has 0 atom stereocenters. The average molecular weight is 269 g/mol. The van der Waals surface area contributed by atoms with Crippen LogP contribution in [0.25, 0.3) is 0 Å². The van der Waals surface area contributed by atoms with Gasteiger partial charge in [-0.3, -0.25) is 0 Å². The van der Waals surface area contributed by atoms with Crippen molar-refractivity contribution in [3.8, 4) is 0 Å². The van der Waals surface area contributed by atoms with Gasteiger partial charge in [0.25, 0.3) is 0 Å². The highest BCUT2D eigenvalue weighted by molar-refractivity contribution is 5.20. The van der Waals surface area contributed by atoms with Crippen LogP contribution in [0, 0.1) is 0 Å². The van der Waals surface area contributed by atoms with Crippen molar-refractivity contribution in [2.45, 2.75) is 44.1 Å². The molecule has 0 aliphatic carbocycles. The Morgan fingerprint density at radius 3 is 2.79 bits per heavy atom. The molecule has 1 spiro atoms. The summed E-state index contributed by atoms with van der Waals surface area (Å²) in [6.45, 7) is 3.98.